The number of rotatable bonds is 6. The highest BCUT2D eigenvalue weighted by Crippen LogP contribution is 2.29. The molecule has 182 valence electrons. The molecule has 2 heterocycles. The molecule has 0 aliphatic carbocycles. The molecule has 3 N–H and O–H groups in total. The van der Waals surface area contributed by atoms with Crippen LogP contribution in [0, 0.1) is 0 Å². The van der Waals surface area contributed by atoms with Crippen LogP contribution in [0.2, 0.25) is 0 Å². The van der Waals surface area contributed by atoms with Crippen LogP contribution in [0.3, 0.4) is 0 Å². The van der Waals surface area contributed by atoms with E-state index in [1.165, 1.54) is 18.3 Å². The molecule has 2 amide bonds. The third kappa shape index (κ3) is 5.88. The highest BCUT2D eigenvalue weighted by atomic mass is 16.5. The Kier molecular flexibility index (Phi) is 7.47. The van der Waals surface area contributed by atoms with Gasteiger partial charge in [-0.15, -0.1) is 0 Å². The minimum Gasteiger partial charge on any atom is -0.506 e. The van der Waals surface area contributed by atoms with E-state index in [4.69, 9.17) is 4.74 Å². The number of aromatic hydroxyl groups is 1. The lowest BCUT2D eigenvalue weighted by atomic mass is 10.1. The van der Waals surface area contributed by atoms with Gasteiger partial charge >= 0.3 is 0 Å². The molecular weight excluding hydrogens is 446 g/mol. The smallest absolute Gasteiger partial charge is 0.257 e. The molecule has 0 radical (unpaired) electrons. The van der Waals surface area contributed by atoms with Crippen LogP contribution in [0.5, 0.6) is 11.5 Å². The van der Waals surface area contributed by atoms with E-state index in [9.17, 15) is 14.7 Å². The predicted octanol–water partition coefficient (Wildman–Crippen LogP) is 3.44. The molecule has 0 spiro atoms. The molecule has 1 aliphatic heterocycles. The fourth-order valence-electron chi connectivity index (χ4n) is 3.90. The van der Waals surface area contributed by atoms with Gasteiger partial charge in [-0.3, -0.25) is 9.59 Å². The first-order chi connectivity index (χ1) is 16.9. The van der Waals surface area contributed by atoms with Crippen molar-refractivity contribution in [2.24, 2.45) is 0 Å². The number of phenols is 1. The highest BCUT2D eigenvalue weighted by Gasteiger charge is 2.19. The molecule has 0 bridgehead atoms. The van der Waals surface area contributed by atoms with Crippen LogP contribution in [-0.2, 0) is 0 Å². The first-order valence-corrected chi connectivity index (χ1v) is 11.4. The summed E-state index contributed by atoms with van der Waals surface area (Å²) in [5, 5.41) is 15.8. The predicted molar refractivity (Wildman–Crippen MR) is 136 cm³/mol. The summed E-state index contributed by atoms with van der Waals surface area (Å²) in [7, 11) is 3.67. The molecule has 9 nitrogen and oxygen atoms in total. The number of nitrogens with zero attached hydrogens (tertiary/aromatic N) is 3. The Labute approximate surface area is 204 Å². The molecule has 0 unspecified atom stereocenters. The second-order valence-electron chi connectivity index (χ2n) is 8.39. The zero-order valence-corrected chi connectivity index (χ0v) is 19.8. The number of ether oxygens (including phenoxy) is 1. The lowest BCUT2D eigenvalue weighted by molar-refractivity contribution is 0.102. The van der Waals surface area contributed by atoms with Gasteiger partial charge in [0.2, 0.25) is 0 Å². The number of para-hydroxylation sites is 1. The number of hydrogen-bond donors (Lipinski definition) is 3. The van der Waals surface area contributed by atoms with Crippen LogP contribution in [-0.4, -0.2) is 67.1 Å². The maximum atomic E-state index is 12.9. The topological polar surface area (TPSA) is 107 Å². The number of anilines is 3. The van der Waals surface area contributed by atoms with E-state index in [-0.39, 0.29) is 17.0 Å². The molecule has 4 rings (SSSR count). The molecule has 1 aromatic heterocycles. The first kappa shape index (κ1) is 24.0. The summed E-state index contributed by atoms with van der Waals surface area (Å²) in [5.74, 6) is 0.328. The number of carbonyl (C=O) groups excluding carboxylic acids is 2. The van der Waals surface area contributed by atoms with Crippen LogP contribution < -0.4 is 20.3 Å². The first-order valence-electron chi connectivity index (χ1n) is 11.4. The lowest BCUT2D eigenvalue weighted by Gasteiger charge is -2.21. The largest absolute Gasteiger partial charge is 0.506 e. The number of carbonyl (C=O) groups is 2. The fraction of sp³-hybridized carbons (Fsp3) is 0.269. The Balaban J connectivity index is 1.47. The van der Waals surface area contributed by atoms with Crippen molar-refractivity contribution >= 4 is 29.0 Å². The average molecular weight is 476 g/mol. The molecule has 1 aliphatic rings. The number of benzene rings is 2. The van der Waals surface area contributed by atoms with Crippen LogP contribution in [0.15, 0.2) is 60.8 Å². The van der Waals surface area contributed by atoms with E-state index in [2.05, 4.69) is 32.5 Å². The van der Waals surface area contributed by atoms with Crippen molar-refractivity contribution in [1.29, 1.82) is 0 Å². The van der Waals surface area contributed by atoms with Gasteiger partial charge in [-0.25, -0.2) is 4.98 Å². The highest BCUT2D eigenvalue weighted by molar-refractivity contribution is 6.13. The summed E-state index contributed by atoms with van der Waals surface area (Å²) >= 11 is 0. The van der Waals surface area contributed by atoms with Gasteiger partial charge in [0.25, 0.3) is 11.8 Å². The van der Waals surface area contributed by atoms with Crippen molar-refractivity contribution < 1.29 is 19.4 Å². The Bertz CT molecular complexity index is 1180. The van der Waals surface area contributed by atoms with Gasteiger partial charge in [-0.05, 0) is 68.5 Å². The number of amides is 2. The molecule has 1 saturated heterocycles. The van der Waals surface area contributed by atoms with Crippen molar-refractivity contribution in [3.05, 3.63) is 71.9 Å². The number of hydrogen-bond acceptors (Lipinski definition) is 7. The third-order valence-electron chi connectivity index (χ3n) is 5.93. The zero-order chi connectivity index (χ0) is 24.8. The Morgan fingerprint density at radius 1 is 0.943 bits per heavy atom. The average Bonchev–Trinajstić information content (AvgIpc) is 3.10. The fourth-order valence-corrected chi connectivity index (χ4v) is 3.90. The summed E-state index contributed by atoms with van der Waals surface area (Å²) in [6.07, 6.45) is 2.56. The van der Waals surface area contributed by atoms with Gasteiger partial charge in [0.1, 0.15) is 17.3 Å². The molecule has 2 aromatic carbocycles. The second-order valence-corrected chi connectivity index (χ2v) is 8.39. The van der Waals surface area contributed by atoms with Gasteiger partial charge in [0.05, 0.1) is 23.9 Å². The SMILES string of the molecule is COc1ccc(NC(=O)c2cccc(O)c2NC(=O)c2ccc(N3CCCN(C)CC3)nc2)cc1. The minimum absolute atomic E-state index is 0.0307. The van der Waals surface area contributed by atoms with Crippen molar-refractivity contribution in [3.8, 4) is 11.5 Å². The molecule has 0 saturated carbocycles. The molecule has 35 heavy (non-hydrogen) atoms. The summed E-state index contributed by atoms with van der Waals surface area (Å²) in [6.45, 7) is 3.79. The summed E-state index contributed by atoms with van der Waals surface area (Å²) in [4.78, 5) is 34.8. The molecule has 0 atom stereocenters. The van der Waals surface area contributed by atoms with E-state index < -0.39 is 11.8 Å². The van der Waals surface area contributed by atoms with Crippen molar-refractivity contribution in [2.45, 2.75) is 6.42 Å². The van der Waals surface area contributed by atoms with Gasteiger partial charge in [0, 0.05) is 31.5 Å². The number of phenolic OH excluding ortho intramolecular Hbond substituents is 1. The maximum absolute atomic E-state index is 12.9. The van der Waals surface area contributed by atoms with E-state index in [0.717, 1.165) is 38.4 Å². The zero-order valence-electron chi connectivity index (χ0n) is 19.8. The minimum atomic E-state index is -0.473. The molecule has 9 heteroatoms. The quantitative estimate of drug-likeness (QED) is 0.469. The Morgan fingerprint density at radius 2 is 1.74 bits per heavy atom. The van der Waals surface area contributed by atoms with Gasteiger partial charge in [-0.1, -0.05) is 6.07 Å². The Morgan fingerprint density at radius 3 is 2.46 bits per heavy atom. The van der Waals surface area contributed by atoms with Gasteiger partial charge in [-0.2, -0.15) is 0 Å². The van der Waals surface area contributed by atoms with Crippen LogP contribution in [0.25, 0.3) is 0 Å². The summed E-state index contributed by atoms with van der Waals surface area (Å²) in [6, 6.07) is 14.9. The second kappa shape index (κ2) is 10.9. The summed E-state index contributed by atoms with van der Waals surface area (Å²) < 4.78 is 5.13. The normalized spacial score (nSPS) is 14.2. The number of pyridine rings is 1. The maximum Gasteiger partial charge on any atom is 0.257 e. The van der Waals surface area contributed by atoms with Gasteiger partial charge < -0.3 is 30.3 Å². The van der Waals surface area contributed by atoms with Crippen LogP contribution in [0.4, 0.5) is 17.2 Å². The van der Waals surface area contributed by atoms with E-state index in [1.807, 2.05) is 6.07 Å². The van der Waals surface area contributed by atoms with Crippen LogP contribution in [0.1, 0.15) is 27.1 Å². The lowest BCUT2D eigenvalue weighted by Crippen LogP contribution is -2.29. The van der Waals surface area contributed by atoms with E-state index in [1.54, 1.807) is 43.5 Å². The van der Waals surface area contributed by atoms with E-state index >= 15 is 0 Å². The van der Waals surface area contributed by atoms with Crippen LogP contribution >= 0.6 is 0 Å². The Hall–Kier alpha value is -4.11. The monoisotopic (exact) mass is 475 g/mol. The molecule has 3 aromatic rings. The van der Waals surface area contributed by atoms with Crippen molar-refractivity contribution in [2.75, 3.05) is 55.9 Å². The summed E-state index contributed by atoms with van der Waals surface area (Å²) in [5.41, 5.74) is 1.04. The van der Waals surface area contributed by atoms with Crippen molar-refractivity contribution in [1.82, 2.24) is 9.88 Å². The van der Waals surface area contributed by atoms with E-state index in [0.29, 0.717) is 17.0 Å². The third-order valence-corrected chi connectivity index (χ3v) is 5.93. The molecule has 1 fully saturated rings. The number of likely N-dealkylation sites (N-methyl/N-ethyl adjacent to an activating group) is 1. The standard InChI is InChI=1S/C26H29N5O4/c1-30-13-4-14-31(16-15-30)23-12-7-18(17-27-23)25(33)29-24-21(5-3-6-22(24)32)26(34)28-19-8-10-20(35-2)11-9-19/h3,5-12,17,32H,4,13-16H2,1-2H3,(H,28,34)(H,29,33). The number of nitrogens with one attached hydrogen (secondary N) is 2. The van der Waals surface area contributed by atoms with Gasteiger partial charge in [0.15, 0.2) is 0 Å². The molecular formula is C26H29N5O4. The number of methoxy groups -OCH3 is 1. The van der Waals surface area contributed by atoms with Crippen molar-refractivity contribution in [3.63, 3.8) is 0 Å². The number of aromatic nitrogens is 1.